The van der Waals surface area contributed by atoms with Gasteiger partial charge in [0.2, 0.25) is 0 Å². The molecule has 0 aromatic rings. The quantitative estimate of drug-likeness (QED) is 0.594. The number of unbranched alkanes of at least 4 members (excludes halogenated alkanes) is 2. The molecule has 0 fully saturated rings. The maximum atomic E-state index is 9.79. The molecule has 0 atom stereocenters. The van der Waals surface area contributed by atoms with E-state index in [0.717, 1.165) is 38.5 Å². The lowest BCUT2D eigenvalue weighted by Crippen LogP contribution is -2.37. The lowest BCUT2D eigenvalue weighted by Gasteiger charge is -2.30. The summed E-state index contributed by atoms with van der Waals surface area (Å²) in [5.74, 6) is -1.38. The third kappa shape index (κ3) is 4.97. The highest BCUT2D eigenvalue weighted by Crippen LogP contribution is 2.28. The lowest BCUT2D eigenvalue weighted by atomic mass is 9.87. The van der Waals surface area contributed by atoms with Crippen LogP contribution in [0.25, 0.3) is 0 Å². The minimum atomic E-state index is -1.44. The molecule has 0 aliphatic carbocycles. The first-order valence-corrected chi connectivity index (χ1v) is 6.03. The molecule has 0 bridgehead atoms. The third-order valence-corrected chi connectivity index (χ3v) is 2.99. The minimum Gasteiger partial charge on any atom is -0.365 e. The van der Waals surface area contributed by atoms with Crippen molar-refractivity contribution in [2.45, 2.75) is 71.5 Å². The number of rotatable bonds is 8. The SMILES string of the molecule is CCCCC(CCCC)C(O)(O)CC. The maximum absolute atomic E-state index is 9.79. The van der Waals surface area contributed by atoms with E-state index in [9.17, 15) is 10.2 Å². The van der Waals surface area contributed by atoms with Gasteiger partial charge in [-0.15, -0.1) is 0 Å². The Morgan fingerprint density at radius 3 is 1.64 bits per heavy atom. The summed E-state index contributed by atoms with van der Waals surface area (Å²) in [6, 6.07) is 0. The van der Waals surface area contributed by atoms with Crippen LogP contribution >= 0.6 is 0 Å². The Bertz CT molecular complexity index is 124. The van der Waals surface area contributed by atoms with Gasteiger partial charge in [0.15, 0.2) is 5.79 Å². The summed E-state index contributed by atoms with van der Waals surface area (Å²) in [5, 5.41) is 19.6. The van der Waals surface area contributed by atoms with E-state index in [2.05, 4.69) is 13.8 Å². The molecule has 0 heterocycles. The zero-order valence-electron chi connectivity index (χ0n) is 9.92. The Hall–Kier alpha value is -0.0800. The van der Waals surface area contributed by atoms with E-state index in [1.165, 1.54) is 0 Å². The first-order valence-electron chi connectivity index (χ1n) is 6.03. The first-order chi connectivity index (χ1) is 6.58. The zero-order chi connectivity index (χ0) is 11.0. The molecular weight excluding hydrogens is 176 g/mol. The summed E-state index contributed by atoms with van der Waals surface area (Å²) in [4.78, 5) is 0. The monoisotopic (exact) mass is 202 g/mol. The summed E-state index contributed by atoms with van der Waals surface area (Å²) in [7, 11) is 0. The summed E-state index contributed by atoms with van der Waals surface area (Å²) in [5.41, 5.74) is 0. The van der Waals surface area contributed by atoms with Crippen LogP contribution < -0.4 is 0 Å². The van der Waals surface area contributed by atoms with Crippen molar-refractivity contribution in [2.24, 2.45) is 5.92 Å². The van der Waals surface area contributed by atoms with Gasteiger partial charge in [0, 0.05) is 5.92 Å². The summed E-state index contributed by atoms with van der Waals surface area (Å²) >= 11 is 0. The largest absolute Gasteiger partial charge is 0.365 e. The van der Waals surface area contributed by atoms with Crippen LogP contribution in [0, 0.1) is 5.92 Å². The van der Waals surface area contributed by atoms with E-state index in [4.69, 9.17) is 0 Å². The van der Waals surface area contributed by atoms with Crippen molar-refractivity contribution in [1.29, 1.82) is 0 Å². The first kappa shape index (κ1) is 13.9. The molecular formula is C12H26O2. The van der Waals surface area contributed by atoms with Crippen molar-refractivity contribution in [3.8, 4) is 0 Å². The molecule has 0 aliphatic heterocycles. The Morgan fingerprint density at radius 2 is 1.36 bits per heavy atom. The molecule has 0 amide bonds. The fourth-order valence-corrected chi connectivity index (χ4v) is 1.80. The molecule has 2 N–H and O–H groups in total. The molecule has 0 saturated heterocycles. The molecule has 0 aromatic carbocycles. The van der Waals surface area contributed by atoms with Gasteiger partial charge in [-0.05, 0) is 19.3 Å². The van der Waals surface area contributed by atoms with Gasteiger partial charge in [-0.25, -0.2) is 0 Å². The Kier molecular flexibility index (Phi) is 7.20. The van der Waals surface area contributed by atoms with Gasteiger partial charge in [0.25, 0.3) is 0 Å². The minimum absolute atomic E-state index is 0.0624. The van der Waals surface area contributed by atoms with Gasteiger partial charge in [-0.1, -0.05) is 46.5 Å². The van der Waals surface area contributed by atoms with Gasteiger partial charge in [-0.2, -0.15) is 0 Å². The molecule has 2 nitrogen and oxygen atoms in total. The van der Waals surface area contributed by atoms with Crippen LogP contribution in [0.5, 0.6) is 0 Å². The molecule has 86 valence electrons. The molecule has 0 aromatic heterocycles. The molecule has 2 heteroatoms. The van der Waals surface area contributed by atoms with Crippen molar-refractivity contribution in [3.63, 3.8) is 0 Å². The second-order valence-electron chi connectivity index (χ2n) is 4.21. The third-order valence-electron chi connectivity index (χ3n) is 2.99. The highest BCUT2D eigenvalue weighted by Gasteiger charge is 2.30. The Balaban J connectivity index is 4.08. The summed E-state index contributed by atoms with van der Waals surface area (Å²) in [6.45, 7) is 6.11. The van der Waals surface area contributed by atoms with Gasteiger partial charge in [-0.3, -0.25) is 0 Å². The summed E-state index contributed by atoms with van der Waals surface area (Å²) < 4.78 is 0. The van der Waals surface area contributed by atoms with E-state index in [-0.39, 0.29) is 5.92 Å². The highest BCUT2D eigenvalue weighted by molar-refractivity contribution is 4.74. The second-order valence-corrected chi connectivity index (χ2v) is 4.21. The van der Waals surface area contributed by atoms with E-state index in [1.54, 1.807) is 0 Å². The van der Waals surface area contributed by atoms with E-state index in [1.807, 2.05) is 6.92 Å². The van der Waals surface area contributed by atoms with Crippen molar-refractivity contribution in [1.82, 2.24) is 0 Å². The average molecular weight is 202 g/mol. The molecule has 0 radical (unpaired) electrons. The topological polar surface area (TPSA) is 40.5 Å². The zero-order valence-corrected chi connectivity index (χ0v) is 9.92. The Morgan fingerprint density at radius 1 is 0.929 bits per heavy atom. The molecule has 0 unspecified atom stereocenters. The van der Waals surface area contributed by atoms with Gasteiger partial charge in [0.05, 0.1) is 0 Å². The highest BCUT2D eigenvalue weighted by atomic mass is 16.5. The molecule has 0 aliphatic rings. The van der Waals surface area contributed by atoms with Crippen LogP contribution in [0.4, 0.5) is 0 Å². The van der Waals surface area contributed by atoms with Crippen LogP contribution in [-0.2, 0) is 0 Å². The number of hydrogen-bond donors (Lipinski definition) is 2. The van der Waals surface area contributed by atoms with Crippen molar-refractivity contribution in [2.75, 3.05) is 0 Å². The van der Waals surface area contributed by atoms with Gasteiger partial charge in [0.1, 0.15) is 0 Å². The van der Waals surface area contributed by atoms with Gasteiger partial charge < -0.3 is 10.2 Å². The fourth-order valence-electron chi connectivity index (χ4n) is 1.80. The van der Waals surface area contributed by atoms with Gasteiger partial charge >= 0.3 is 0 Å². The second kappa shape index (κ2) is 7.24. The average Bonchev–Trinajstić information content (AvgIpc) is 2.17. The van der Waals surface area contributed by atoms with E-state index >= 15 is 0 Å². The van der Waals surface area contributed by atoms with E-state index in [0.29, 0.717) is 6.42 Å². The van der Waals surface area contributed by atoms with Crippen LogP contribution in [0.2, 0.25) is 0 Å². The van der Waals surface area contributed by atoms with Crippen molar-refractivity contribution in [3.05, 3.63) is 0 Å². The maximum Gasteiger partial charge on any atom is 0.165 e. The standard InChI is InChI=1S/C12H26O2/c1-4-7-9-11(10-8-5-2)12(13,14)6-3/h11,13-14H,4-10H2,1-3H3. The predicted octanol–water partition coefficient (Wildman–Crippen LogP) is 3.07. The molecule has 14 heavy (non-hydrogen) atoms. The number of aliphatic hydroxyl groups is 2. The normalized spacial score (nSPS) is 12.4. The fraction of sp³-hybridized carbons (Fsp3) is 1.00. The molecule has 0 saturated carbocycles. The smallest absolute Gasteiger partial charge is 0.165 e. The van der Waals surface area contributed by atoms with E-state index < -0.39 is 5.79 Å². The predicted molar refractivity (Wildman–Crippen MR) is 60.0 cm³/mol. The van der Waals surface area contributed by atoms with Crippen LogP contribution in [0.15, 0.2) is 0 Å². The molecule has 0 rings (SSSR count). The molecule has 0 spiro atoms. The Labute approximate surface area is 88.3 Å². The van der Waals surface area contributed by atoms with Crippen molar-refractivity contribution < 1.29 is 10.2 Å². The lowest BCUT2D eigenvalue weighted by molar-refractivity contribution is -0.205. The number of hydrogen-bond acceptors (Lipinski definition) is 2. The van der Waals surface area contributed by atoms with Crippen LogP contribution in [0.3, 0.4) is 0 Å². The van der Waals surface area contributed by atoms with Crippen LogP contribution in [-0.4, -0.2) is 16.0 Å². The van der Waals surface area contributed by atoms with Crippen LogP contribution in [0.1, 0.15) is 65.7 Å². The van der Waals surface area contributed by atoms with Crippen molar-refractivity contribution >= 4 is 0 Å². The summed E-state index contributed by atoms with van der Waals surface area (Å²) in [6.07, 6.45) is 6.76.